The van der Waals surface area contributed by atoms with Gasteiger partial charge in [-0.05, 0) is 31.9 Å². The van der Waals surface area contributed by atoms with Crippen LogP contribution in [0.4, 0.5) is 5.69 Å². The average molecular weight is 407 g/mol. The highest BCUT2D eigenvalue weighted by Crippen LogP contribution is 2.52. The van der Waals surface area contributed by atoms with E-state index in [-0.39, 0.29) is 11.9 Å². The van der Waals surface area contributed by atoms with Crippen LogP contribution in [0.2, 0.25) is 0 Å². The summed E-state index contributed by atoms with van der Waals surface area (Å²) in [6.45, 7) is 2.91. The van der Waals surface area contributed by atoms with E-state index < -0.39 is 0 Å². The van der Waals surface area contributed by atoms with Gasteiger partial charge in [0.25, 0.3) is 5.91 Å². The number of carbonyl (C=O) groups is 1. The molecule has 2 aliphatic heterocycles. The first-order chi connectivity index (χ1) is 12.6. The Morgan fingerprint density at radius 3 is 2.69 bits per heavy atom. The van der Waals surface area contributed by atoms with Crippen LogP contribution in [0.5, 0.6) is 5.75 Å². The molecule has 0 radical (unpaired) electrons. The summed E-state index contributed by atoms with van der Waals surface area (Å²) in [5, 5.41) is 1.01. The molecule has 0 unspecified atom stereocenters. The third-order valence-electron chi connectivity index (χ3n) is 5.16. The second-order valence-electron chi connectivity index (χ2n) is 6.65. The largest absolute Gasteiger partial charge is 0.497 e. The highest BCUT2D eigenvalue weighted by atomic mass is 32.2. The summed E-state index contributed by atoms with van der Waals surface area (Å²) >= 11 is 8.73. The fraction of sp³-hybridized carbons (Fsp3) is 0.474. The number of thioether (sulfide) groups is 2. The number of methoxy groups -OCH3 is 1. The van der Waals surface area contributed by atoms with E-state index in [1.54, 1.807) is 18.9 Å². The van der Waals surface area contributed by atoms with E-state index >= 15 is 0 Å². The average Bonchev–Trinajstić information content (AvgIpc) is 3.18. The van der Waals surface area contributed by atoms with Gasteiger partial charge in [0.1, 0.15) is 20.0 Å². The standard InChI is InChI=1S/C19H22N2O2S3/c1-3-20-14-11-13(23-2)9-10-15(14)25-18(20)16-17(22)21(19(24)26-16)12-7-5-4-6-8-12/h9-12H,3-8H2,1-2H3. The molecule has 1 saturated carbocycles. The Hall–Kier alpha value is -1.18. The van der Waals surface area contributed by atoms with Crippen LogP contribution in [-0.2, 0) is 4.79 Å². The molecule has 0 atom stereocenters. The number of carbonyl (C=O) groups excluding carboxylic acids is 1. The van der Waals surface area contributed by atoms with Crippen LogP contribution in [0.3, 0.4) is 0 Å². The van der Waals surface area contributed by atoms with Crippen LogP contribution >= 0.6 is 35.7 Å². The van der Waals surface area contributed by atoms with Crippen molar-refractivity contribution in [2.75, 3.05) is 18.6 Å². The Bertz CT molecular complexity index is 787. The maximum atomic E-state index is 13.2. The number of fused-ring (bicyclic) bond motifs is 1. The Morgan fingerprint density at radius 2 is 2.00 bits per heavy atom. The number of hydrogen-bond acceptors (Lipinski definition) is 6. The number of anilines is 1. The summed E-state index contributed by atoms with van der Waals surface area (Å²) in [7, 11) is 1.68. The summed E-state index contributed by atoms with van der Waals surface area (Å²) in [4.78, 5) is 19.3. The molecule has 0 bridgehead atoms. The molecule has 0 N–H and O–H groups in total. The monoisotopic (exact) mass is 406 g/mol. The summed E-state index contributed by atoms with van der Waals surface area (Å²) in [5.41, 5.74) is 1.11. The fourth-order valence-corrected chi connectivity index (χ4v) is 6.59. The number of rotatable bonds is 3. The second kappa shape index (κ2) is 7.44. The van der Waals surface area contributed by atoms with Crippen molar-refractivity contribution in [3.63, 3.8) is 0 Å². The molecule has 1 aromatic carbocycles. The van der Waals surface area contributed by atoms with Gasteiger partial charge in [-0.25, -0.2) is 0 Å². The molecule has 2 fully saturated rings. The molecule has 138 valence electrons. The zero-order chi connectivity index (χ0) is 18.3. The first kappa shape index (κ1) is 18.2. The van der Waals surface area contributed by atoms with Crippen molar-refractivity contribution in [2.45, 2.75) is 50.0 Å². The Labute approximate surface area is 168 Å². The topological polar surface area (TPSA) is 32.8 Å². The summed E-state index contributed by atoms with van der Waals surface area (Å²) in [6.07, 6.45) is 5.78. The van der Waals surface area contributed by atoms with E-state index in [1.807, 2.05) is 17.0 Å². The number of ether oxygens (including phenoxy) is 1. The lowest BCUT2D eigenvalue weighted by atomic mass is 9.94. The van der Waals surface area contributed by atoms with Gasteiger partial charge in [-0.3, -0.25) is 9.69 Å². The van der Waals surface area contributed by atoms with E-state index in [9.17, 15) is 4.79 Å². The van der Waals surface area contributed by atoms with E-state index in [1.165, 1.54) is 31.0 Å². The smallest absolute Gasteiger partial charge is 0.269 e. The summed E-state index contributed by atoms with van der Waals surface area (Å²) in [6, 6.07) is 6.35. The van der Waals surface area contributed by atoms with Gasteiger partial charge in [-0.1, -0.05) is 55.0 Å². The van der Waals surface area contributed by atoms with E-state index in [4.69, 9.17) is 17.0 Å². The first-order valence-electron chi connectivity index (χ1n) is 9.07. The van der Waals surface area contributed by atoms with Crippen LogP contribution in [0.25, 0.3) is 0 Å². The zero-order valence-corrected chi connectivity index (χ0v) is 17.4. The molecule has 1 amide bonds. The van der Waals surface area contributed by atoms with Gasteiger partial charge in [0.05, 0.1) is 12.8 Å². The number of amides is 1. The van der Waals surface area contributed by atoms with Crippen molar-refractivity contribution in [3.05, 3.63) is 28.1 Å². The third-order valence-corrected chi connectivity index (χ3v) is 7.86. The van der Waals surface area contributed by atoms with Crippen molar-refractivity contribution in [2.24, 2.45) is 0 Å². The molecule has 0 aromatic heterocycles. The zero-order valence-electron chi connectivity index (χ0n) is 15.0. The predicted molar refractivity (Wildman–Crippen MR) is 113 cm³/mol. The Morgan fingerprint density at radius 1 is 1.23 bits per heavy atom. The van der Waals surface area contributed by atoms with E-state index in [2.05, 4.69) is 17.9 Å². The lowest BCUT2D eigenvalue weighted by Gasteiger charge is -2.30. The maximum Gasteiger partial charge on any atom is 0.269 e. The molecule has 3 aliphatic rings. The summed E-state index contributed by atoms with van der Waals surface area (Å²) in [5.74, 6) is 0.923. The quantitative estimate of drug-likeness (QED) is 0.519. The van der Waals surface area contributed by atoms with Crippen LogP contribution in [0.15, 0.2) is 33.0 Å². The van der Waals surface area contributed by atoms with Crippen molar-refractivity contribution in [1.29, 1.82) is 0 Å². The first-order valence-corrected chi connectivity index (χ1v) is 11.1. The van der Waals surface area contributed by atoms with Gasteiger partial charge in [-0.2, -0.15) is 0 Å². The van der Waals surface area contributed by atoms with Gasteiger partial charge < -0.3 is 9.64 Å². The van der Waals surface area contributed by atoms with Gasteiger partial charge in [0, 0.05) is 23.5 Å². The molecule has 4 rings (SSSR count). The van der Waals surface area contributed by atoms with Crippen LogP contribution in [0.1, 0.15) is 39.0 Å². The van der Waals surface area contributed by atoms with Crippen molar-refractivity contribution < 1.29 is 9.53 Å². The lowest BCUT2D eigenvalue weighted by molar-refractivity contribution is -0.124. The molecular weight excluding hydrogens is 384 g/mol. The van der Waals surface area contributed by atoms with E-state index in [0.29, 0.717) is 0 Å². The Kier molecular flexibility index (Phi) is 5.21. The molecule has 7 heteroatoms. The van der Waals surface area contributed by atoms with E-state index in [0.717, 1.165) is 50.0 Å². The van der Waals surface area contributed by atoms with Gasteiger partial charge in [0.2, 0.25) is 0 Å². The van der Waals surface area contributed by atoms with Crippen molar-refractivity contribution in [1.82, 2.24) is 4.90 Å². The normalized spacial score (nSPS) is 23.8. The minimum atomic E-state index is 0.0904. The fourth-order valence-electron chi connectivity index (χ4n) is 3.83. The van der Waals surface area contributed by atoms with Gasteiger partial charge >= 0.3 is 0 Å². The minimum Gasteiger partial charge on any atom is -0.497 e. The number of thiocarbonyl (C=S) groups is 1. The molecule has 0 spiro atoms. The minimum absolute atomic E-state index is 0.0904. The van der Waals surface area contributed by atoms with Crippen molar-refractivity contribution >= 4 is 51.7 Å². The van der Waals surface area contributed by atoms with Crippen LogP contribution < -0.4 is 9.64 Å². The molecule has 26 heavy (non-hydrogen) atoms. The summed E-state index contributed by atoms with van der Waals surface area (Å²) < 4.78 is 6.09. The predicted octanol–water partition coefficient (Wildman–Crippen LogP) is 4.99. The molecule has 1 saturated heterocycles. The molecule has 1 aromatic rings. The van der Waals surface area contributed by atoms with Crippen LogP contribution in [-0.4, -0.2) is 34.8 Å². The van der Waals surface area contributed by atoms with Gasteiger partial charge in [0.15, 0.2) is 0 Å². The molecule has 2 heterocycles. The third kappa shape index (κ3) is 3.04. The number of hydrogen-bond donors (Lipinski definition) is 0. The maximum absolute atomic E-state index is 13.2. The van der Waals surface area contributed by atoms with Gasteiger partial charge in [-0.15, -0.1) is 0 Å². The molecular formula is C19H22N2O2S3. The number of nitrogens with zero attached hydrogens (tertiary/aromatic N) is 2. The van der Waals surface area contributed by atoms with Crippen molar-refractivity contribution in [3.8, 4) is 5.75 Å². The SMILES string of the molecule is CCN1C(=C2SC(=S)N(C3CCCCC3)C2=O)Sc2ccc(OC)cc21. The number of benzene rings is 1. The molecule has 1 aliphatic carbocycles. The highest BCUT2D eigenvalue weighted by molar-refractivity contribution is 8.27. The molecule has 4 nitrogen and oxygen atoms in total. The lowest BCUT2D eigenvalue weighted by Crippen LogP contribution is -2.40. The van der Waals surface area contributed by atoms with Crippen LogP contribution in [0, 0.1) is 0 Å². The highest BCUT2D eigenvalue weighted by Gasteiger charge is 2.41. The Balaban J connectivity index is 1.68. The second-order valence-corrected chi connectivity index (χ2v) is 9.32.